The fourth-order valence-electron chi connectivity index (χ4n) is 2.98. The Labute approximate surface area is 118 Å². The smallest absolute Gasteiger partial charge is 0.305 e. The van der Waals surface area contributed by atoms with Crippen LogP contribution in [0, 0.1) is 0 Å². The van der Waals surface area contributed by atoms with Crippen LogP contribution in [0.1, 0.15) is 44.9 Å². The highest BCUT2D eigenvalue weighted by Crippen LogP contribution is 2.25. The summed E-state index contributed by atoms with van der Waals surface area (Å²) in [5, 5.41) is 11.9. The van der Waals surface area contributed by atoms with Crippen LogP contribution in [0.3, 0.4) is 0 Å². The molecule has 20 heavy (non-hydrogen) atoms. The number of carbonyl (C=O) groups is 2. The number of carbonyl (C=O) groups excluding carboxylic acids is 1. The fourth-order valence-corrected chi connectivity index (χ4v) is 2.98. The third kappa shape index (κ3) is 4.45. The molecule has 0 aromatic rings. The minimum Gasteiger partial charge on any atom is -0.481 e. The van der Waals surface area contributed by atoms with Gasteiger partial charge in [0.1, 0.15) is 6.61 Å². The van der Waals surface area contributed by atoms with Gasteiger partial charge in [-0.1, -0.05) is 12.8 Å². The van der Waals surface area contributed by atoms with Crippen LogP contribution < -0.4 is 5.32 Å². The van der Waals surface area contributed by atoms with Gasteiger partial charge in [0.25, 0.3) is 0 Å². The second-order valence-corrected chi connectivity index (χ2v) is 5.73. The van der Waals surface area contributed by atoms with Crippen molar-refractivity contribution in [3.63, 3.8) is 0 Å². The zero-order valence-electron chi connectivity index (χ0n) is 11.7. The lowest BCUT2D eigenvalue weighted by Crippen LogP contribution is -2.54. The molecule has 0 aromatic carbocycles. The number of hydrogen-bond donors (Lipinski definition) is 2. The Morgan fingerprint density at radius 2 is 1.90 bits per heavy atom. The minimum atomic E-state index is -0.899. The fraction of sp³-hybridized carbons (Fsp3) is 0.857. The zero-order valence-corrected chi connectivity index (χ0v) is 11.7. The van der Waals surface area contributed by atoms with Gasteiger partial charge in [0.2, 0.25) is 5.91 Å². The Balaban J connectivity index is 1.82. The van der Waals surface area contributed by atoms with Crippen LogP contribution in [-0.4, -0.2) is 48.4 Å². The lowest BCUT2D eigenvalue weighted by molar-refractivity contribution is -0.141. The Bertz CT molecular complexity index is 345. The quantitative estimate of drug-likeness (QED) is 0.763. The molecule has 1 aliphatic carbocycles. The molecule has 0 spiro atoms. The van der Waals surface area contributed by atoms with Crippen LogP contribution in [0.4, 0.5) is 0 Å². The highest BCUT2D eigenvalue weighted by atomic mass is 16.5. The van der Waals surface area contributed by atoms with Crippen molar-refractivity contribution in [2.75, 3.05) is 19.8 Å². The summed E-state index contributed by atoms with van der Waals surface area (Å²) in [6.07, 6.45) is 5.54. The van der Waals surface area contributed by atoms with Crippen LogP contribution in [-0.2, 0) is 19.1 Å². The second kappa shape index (κ2) is 7.04. The molecule has 0 atom stereocenters. The first-order chi connectivity index (χ1) is 9.60. The van der Waals surface area contributed by atoms with Crippen LogP contribution in [0.2, 0.25) is 0 Å². The first kappa shape index (κ1) is 15.3. The van der Waals surface area contributed by atoms with Crippen LogP contribution >= 0.6 is 0 Å². The summed E-state index contributed by atoms with van der Waals surface area (Å²) in [5.74, 6) is -1.12. The van der Waals surface area contributed by atoms with E-state index in [-0.39, 0.29) is 25.0 Å². The number of carboxylic acid groups (broad SMARTS) is 1. The van der Waals surface area contributed by atoms with Crippen molar-refractivity contribution in [1.82, 2.24) is 5.32 Å². The molecule has 114 valence electrons. The van der Waals surface area contributed by atoms with E-state index in [1.807, 2.05) is 0 Å². The van der Waals surface area contributed by atoms with Gasteiger partial charge >= 0.3 is 5.97 Å². The monoisotopic (exact) mass is 285 g/mol. The number of ether oxygens (including phenoxy) is 2. The Kier molecular flexibility index (Phi) is 5.37. The maximum atomic E-state index is 12.0. The summed E-state index contributed by atoms with van der Waals surface area (Å²) < 4.78 is 10.8. The van der Waals surface area contributed by atoms with Crippen LogP contribution in [0.15, 0.2) is 0 Å². The maximum absolute atomic E-state index is 12.0. The van der Waals surface area contributed by atoms with E-state index in [9.17, 15) is 9.59 Å². The molecule has 2 N–H and O–H groups in total. The van der Waals surface area contributed by atoms with Gasteiger partial charge in [0.05, 0.1) is 18.1 Å². The maximum Gasteiger partial charge on any atom is 0.305 e. The van der Waals surface area contributed by atoms with Gasteiger partial charge < -0.3 is 19.9 Å². The largest absolute Gasteiger partial charge is 0.481 e. The molecule has 2 rings (SSSR count). The SMILES string of the molecule is O=C(O)CC1(NC(=O)COC2CCCC2)CCOCC1. The van der Waals surface area contributed by atoms with Gasteiger partial charge in [0.15, 0.2) is 0 Å². The standard InChI is InChI=1S/C14H23NO5/c16-12(10-20-11-3-1-2-4-11)15-14(9-13(17)18)5-7-19-8-6-14/h11H,1-10H2,(H,15,16)(H,17,18). The average Bonchev–Trinajstić information content (AvgIpc) is 2.89. The Morgan fingerprint density at radius 3 is 2.50 bits per heavy atom. The molecule has 2 aliphatic rings. The molecule has 0 radical (unpaired) electrons. The van der Waals surface area contributed by atoms with Gasteiger partial charge in [-0.2, -0.15) is 0 Å². The van der Waals surface area contributed by atoms with E-state index in [1.165, 1.54) is 0 Å². The predicted octanol–water partition coefficient (Wildman–Crippen LogP) is 1.09. The molecule has 1 aliphatic heterocycles. The number of aliphatic carboxylic acids is 1. The summed E-state index contributed by atoms with van der Waals surface area (Å²) in [5.41, 5.74) is -0.680. The van der Waals surface area contributed by atoms with Gasteiger partial charge in [-0.3, -0.25) is 9.59 Å². The zero-order chi connectivity index (χ0) is 14.4. The molecule has 0 aromatic heterocycles. The third-order valence-electron chi connectivity index (χ3n) is 4.10. The molecule has 1 amide bonds. The molecule has 1 saturated heterocycles. The normalized spacial score (nSPS) is 22.6. The highest BCUT2D eigenvalue weighted by Gasteiger charge is 2.36. The van der Waals surface area contributed by atoms with Crippen molar-refractivity contribution in [2.24, 2.45) is 0 Å². The van der Waals surface area contributed by atoms with Gasteiger partial charge in [-0.15, -0.1) is 0 Å². The molecular formula is C14H23NO5. The second-order valence-electron chi connectivity index (χ2n) is 5.73. The Morgan fingerprint density at radius 1 is 1.25 bits per heavy atom. The van der Waals surface area contributed by atoms with Crippen molar-refractivity contribution in [3.05, 3.63) is 0 Å². The van der Waals surface area contributed by atoms with Gasteiger partial charge in [-0.25, -0.2) is 0 Å². The molecule has 1 saturated carbocycles. The van der Waals surface area contributed by atoms with Crippen molar-refractivity contribution in [1.29, 1.82) is 0 Å². The number of rotatable bonds is 6. The number of hydrogen-bond acceptors (Lipinski definition) is 4. The number of carboxylic acids is 1. The van der Waals surface area contributed by atoms with E-state index in [4.69, 9.17) is 14.6 Å². The molecule has 2 fully saturated rings. The van der Waals surface area contributed by atoms with E-state index in [0.717, 1.165) is 25.7 Å². The number of amides is 1. The first-order valence-corrected chi connectivity index (χ1v) is 7.32. The Hall–Kier alpha value is -1.14. The van der Waals surface area contributed by atoms with Gasteiger partial charge in [0, 0.05) is 13.2 Å². The predicted molar refractivity (Wildman–Crippen MR) is 71.4 cm³/mol. The van der Waals surface area contributed by atoms with E-state index in [2.05, 4.69) is 5.32 Å². The molecule has 6 nitrogen and oxygen atoms in total. The summed E-state index contributed by atoms with van der Waals surface area (Å²) in [6, 6.07) is 0. The third-order valence-corrected chi connectivity index (χ3v) is 4.10. The average molecular weight is 285 g/mol. The van der Waals surface area contributed by atoms with Crippen molar-refractivity contribution in [3.8, 4) is 0 Å². The van der Waals surface area contributed by atoms with Crippen molar-refractivity contribution >= 4 is 11.9 Å². The minimum absolute atomic E-state index is 0.0207. The molecule has 6 heteroatoms. The highest BCUT2D eigenvalue weighted by molar-refractivity contribution is 5.79. The van der Waals surface area contributed by atoms with Crippen LogP contribution in [0.5, 0.6) is 0 Å². The van der Waals surface area contributed by atoms with E-state index < -0.39 is 11.5 Å². The first-order valence-electron chi connectivity index (χ1n) is 7.32. The lowest BCUT2D eigenvalue weighted by Gasteiger charge is -2.36. The summed E-state index contributed by atoms with van der Waals surface area (Å²) >= 11 is 0. The van der Waals surface area contributed by atoms with E-state index in [0.29, 0.717) is 26.1 Å². The van der Waals surface area contributed by atoms with E-state index in [1.54, 1.807) is 0 Å². The van der Waals surface area contributed by atoms with Gasteiger partial charge in [-0.05, 0) is 25.7 Å². The topological polar surface area (TPSA) is 84.9 Å². The van der Waals surface area contributed by atoms with Crippen molar-refractivity contribution < 1.29 is 24.2 Å². The molecule has 1 heterocycles. The summed E-state index contributed by atoms with van der Waals surface area (Å²) in [7, 11) is 0. The van der Waals surface area contributed by atoms with Crippen molar-refractivity contribution in [2.45, 2.75) is 56.6 Å². The summed E-state index contributed by atoms with van der Waals surface area (Å²) in [6.45, 7) is 0.987. The molecule has 0 unspecified atom stereocenters. The molecular weight excluding hydrogens is 262 g/mol. The molecule has 0 bridgehead atoms. The lowest BCUT2D eigenvalue weighted by atomic mass is 9.86. The van der Waals surface area contributed by atoms with Crippen LogP contribution in [0.25, 0.3) is 0 Å². The van der Waals surface area contributed by atoms with E-state index >= 15 is 0 Å². The summed E-state index contributed by atoms with van der Waals surface area (Å²) in [4.78, 5) is 23.0. The number of nitrogens with one attached hydrogen (secondary N) is 1.